The Morgan fingerprint density at radius 2 is 1.69 bits per heavy atom. The molecule has 2 unspecified atom stereocenters. The first kappa shape index (κ1) is 20.5. The molecule has 1 fully saturated rings. The highest BCUT2D eigenvalue weighted by atomic mass is 16.4. The van der Waals surface area contributed by atoms with Gasteiger partial charge in [0.15, 0.2) is 0 Å². The lowest BCUT2D eigenvalue weighted by atomic mass is 9.80. The first-order chi connectivity index (χ1) is 15.6. The van der Waals surface area contributed by atoms with Crippen molar-refractivity contribution in [3.05, 3.63) is 95.4 Å². The Hall–Kier alpha value is -3.38. The Morgan fingerprint density at radius 1 is 0.969 bits per heavy atom. The highest BCUT2D eigenvalue weighted by molar-refractivity contribution is 6.00. The molecule has 0 bridgehead atoms. The van der Waals surface area contributed by atoms with E-state index in [0.717, 1.165) is 32.5 Å². The van der Waals surface area contributed by atoms with Crippen molar-refractivity contribution in [2.75, 3.05) is 13.1 Å². The van der Waals surface area contributed by atoms with Crippen molar-refractivity contribution in [3.63, 3.8) is 0 Å². The molecule has 1 aromatic heterocycles. The van der Waals surface area contributed by atoms with Crippen LogP contribution in [0, 0.1) is 0 Å². The number of carboxylic acid groups (broad SMARTS) is 1. The molecule has 1 N–H and O–H groups in total. The third-order valence-corrected chi connectivity index (χ3v) is 6.68. The van der Waals surface area contributed by atoms with Crippen molar-refractivity contribution >= 4 is 11.9 Å². The number of aliphatic carboxylic acids is 1. The van der Waals surface area contributed by atoms with Crippen LogP contribution in [-0.2, 0) is 11.3 Å². The van der Waals surface area contributed by atoms with E-state index in [4.69, 9.17) is 4.42 Å². The van der Waals surface area contributed by atoms with Crippen LogP contribution in [0.3, 0.4) is 0 Å². The van der Waals surface area contributed by atoms with Gasteiger partial charge in [0, 0.05) is 31.2 Å². The van der Waals surface area contributed by atoms with Gasteiger partial charge in [0.1, 0.15) is 17.7 Å². The number of fused-ring (bicyclic) bond motifs is 1. The summed E-state index contributed by atoms with van der Waals surface area (Å²) in [5, 5.41) is 10.2. The molecule has 164 valence electrons. The van der Waals surface area contributed by atoms with E-state index < -0.39 is 17.9 Å². The number of nitrogens with zero attached hydrogens (tertiary/aromatic N) is 2. The monoisotopic (exact) mass is 430 g/mol. The molecule has 2 aliphatic heterocycles. The first-order valence-corrected chi connectivity index (χ1v) is 11.1. The molecule has 2 aliphatic rings. The highest BCUT2D eigenvalue weighted by Crippen LogP contribution is 2.45. The number of piperidine rings is 1. The fraction of sp³-hybridized carbons (Fsp3) is 0.308. The summed E-state index contributed by atoms with van der Waals surface area (Å²) in [6.45, 7) is 2.59. The molecule has 2 atom stereocenters. The zero-order valence-corrected chi connectivity index (χ0v) is 17.8. The minimum atomic E-state index is -0.946. The van der Waals surface area contributed by atoms with Gasteiger partial charge in [-0.05, 0) is 42.2 Å². The molecule has 5 rings (SSSR count). The molecule has 0 radical (unpaired) electrons. The second kappa shape index (κ2) is 8.63. The van der Waals surface area contributed by atoms with Gasteiger partial charge in [0.2, 0.25) is 0 Å². The van der Waals surface area contributed by atoms with Crippen LogP contribution < -0.4 is 0 Å². The van der Waals surface area contributed by atoms with Crippen molar-refractivity contribution in [3.8, 4) is 0 Å². The molecule has 6 nitrogen and oxygen atoms in total. The van der Waals surface area contributed by atoms with Crippen LogP contribution in [0.4, 0.5) is 0 Å². The zero-order chi connectivity index (χ0) is 22.1. The molecular formula is C26H26N2O4. The lowest BCUT2D eigenvalue weighted by Gasteiger charge is -2.46. The number of hydrogen-bond acceptors (Lipinski definition) is 4. The number of carbonyl (C=O) groups is 2. The molecule has 6 heteroatoms. The highest BCUT2D eigenvalue weighted by Gasteiger charge is 2.48. The molecular weight excluding hydrogens is 404 g/mol. The SMILES string of the molecule is O=C(O)C1c2ccccc2C(=O)N(C2CCN(Cc3ccccc3)CC2)C1c1ccco1. The van der Waals surface area contributed by atoms with Crippen molar-refractivity contribution in [2.24, 2.45) is 0 Å². The predicted octanol–water partition coefficient (Wildman–Crippen LogP) is 4.31. The molecule has 1 amide bonds. The average Bonchev–Trinajstić information content (AvgIpc) is 3.35. The van der Waals surface area contributed by atoms with Gasteiger partial charge in [-0.3, -0.25) is 14.5 Å². The van der Waals surface area contributed by atoms with Crippen molar-refractivity contribution in [1.29, 1.82) is 0 Å². The summed E-state index contributed by atoms with van der Waals surface area (Å²) in [6, 6.07) is 20.3. The number of furan rings is 1. The molecule has 32 heavy (non-hydrogen) atoms. The van der Waals surface area contributed by atoms with E-state index >= 15 is 0 Å². The van der Waals surface area contributed by atoms with E-state index in [1.165, 1.54) is 5.56 Å². The molecule has 0 aliphatic carbocycles. The Balaban J connectivity index is 1.44. The third kappa shape index (κ3) is 3.71. The molecule has 0 saturated carbocycles. The molecule has 3 heterocycles. The lowest BCUT2D eigenvalue weighted by Crippen LogP contribution is -2.53. The normalized spacial score (nSPS) is 22.0. The first-order valence-electron chi connectivity index (χ1n) is 11.1. The topological polar surface area (TPSA) is 74.0 Å². The number of hydrogen-bond donors (Lipinski definition) is 1. The summed E-state index contributed by atoms with van der Waals surface area (Å²) in [5.41, 5.74) is 2.31. The average molecular weight is 431 g/mol. The predicted molar refractivity (Wildman–Crippen MR) is 119 cm³/mol. The molecule has 1 saturated heterocycles. The fourth-order valence-electron chi connectivity index (χ4n) is 5.18. The smallest absolute Gasteiger partial charge is 0.313 e. The van der Waals surface area contributed by atoms with Crippen molar-refractivity contribution in [1.82, 2.24) is 9.80 Å². The van der Waals surface area contributed by atoms with Gasteiger partial charge in [-0.15, -0.1) is 0 Å². The van der Waals surface area contributed by atoms with E-state index in [0.29, 0.717) is 16.9 Å². The standard InChI is InChI=1S/C26H26N2O4/c29-25-21-10-5-4-9-20(21)23(26(30)31)24(22-11-6-16-32-22)28(25)19-12-14-27(15-13-19)17-18-7-2-1-3-8-18/h1-11,16,19,23-24H,12-15,17H2,(H,30,31). The van der Waals surface area contributed by atoms with Crippen LogP contribution in [0.2, 0.25) is 0 Å². The van der Waals surface area contributed by atoms with Crippen molar-refractivity contribution < 1.29 is 19.1 Å². The van der Waals surface area contributed by atoms with E-state index in [-0.39, 0.29) is 11.9 Å². The minimum absolute atomic E-state index is 0.0418. The van der Waals surface area contributed by atoms with Crippen LogP contribution in [0.1, 0.15) is 52.0 Å². The van der Waals surface area contributed by atoms with Crippen molar-refractivity contribution in [2.45, 2.75) is 37.4 Å². The summed E-state index contributed by atoms with van der Waals surface area (Å²) in [6.07, 6.45) is 3.13. The van der Waals surface area contributed by atoms with Crippen LogP contribution >= 0.6 is 0 Å². The maximum absolute atomic E-state index is 13.6. The van der Waals surface area contributed by atoms with Crippen LogP contribution in [0.15, 0.2) is 77.4 Å². The van der Waals surface area contributed by atoms with Gasteiger partial charge < -0.3 is 14.4 Å². The van der Waals surface area contributed by atoms with Crippen LogP contribution in [-0.4, -0.2) is 45.9 Å². The van der Waals surface area contributed by atoms with E-state index in [2.05, 4.69) is 17.0 Å². The van der Waals surface area contributed by atoms with Gasteiger partial charge in [-0.1, -0.05) is 48.5 Å². The number of benzene rings is 2. The van der Waals surface area contributed by atoms with Gasteiger partial charge in [-0.25, -0.2) is 0 Å². The van der Waals surface area contributed by atoms with E-state index in [1.807, 2.05) is 18.2 Å². The second-order valence-corrected chi connectivity index (χ2v) is 8.57. The Morgan fingerprint density at radius 3 is 2.38 bits per heavy atom. The summed E-state index contributed by atoms with van der Waals surface area (Å²) >= 11 is 0. The number of likely N-dealkylation sites (tertiary alicyclic amines) is 1. The molecule has 0 spiro atoms. The maximum Gasteiger partial charge on any atom is 0.313 e. The Labute approximate surface area is 187 Å². The van der Waals surface area contributed by atoms with Crippen LogP contribution in [0.25, 0.3) is 0 Å². The number of amides is 1. The minimum Gasteiger partial charge on any atom is -0.481 e. The number of carboxylic acids is 1. The fourth-order valence-corrected chi connectivity index (χ4v) is 5.18. The Bertz CT molecular complexity index is 1090. The third-order valence-electron chi connectivity index (χ3n) is 6.68. The summed E-state index contributed by atoms with van der Waals surface area (Å²) in [4.78, 5) is 30.3. The summed E-state index contributed by atoms with van der Waals surface area (Å²) in [7, 11) is 0. The second-order valence-electron chi connectivity index (χ2n) is 8.57. The lowest BCUT2D eigenvalue weighted by molar-refractivity contribution is -0.141. The largest absolute Gasteiger partial charge is 0.481 e. The molecule has 2 aromatic carbocycles. The molecule has 3 aromatic rings. The van der Waals surface area contributed by atoms with Gasteiger partial charge in [0.05, 0.1) is 6.26 Å². The summed E-state index contributed by atoms with van der Waals surface area (Å²) in [5.74, 6) is -1.40. The van der Waals surface area contributed by atoms with E-state index in [1.54, 1.807) is 47.6 Å². The maximum atomic E-state index is 13.6. The van der Waals surface area contributed by atoms with Gasteiger partial charge in [-0.2, -0.15) is 0 Å². The number of carbonyl (C=O) groups excluding carboxylic acids is 1. The van der Waals surface area contributed by atoms with E-state index in [9.17, 15) is 14.7 Å². The Kier molecular flexibility index (Phi) is 5.53. The quantitative estimate of drug-likeness (QED) is 0.653. The number of rotatable bonds is 5. The van der Waals surface area contributed by atoms with Crippen LogP contribution in [0.5, 0.6) is 0 Å². The summed E-state index contributed by atoms with van der Waals surface area (Å²) < 4.78 is 5.67. The zero-order valence-electron chi connectivity index (χ0n) is 17.8. The van der Waals surface area contributed by atoms with Gasteiger partial charge >= 0.3 is 5.97 Å². The van der Waals surface area contributed by atoms with Gasteiger partial charge in [0.25, 0.3) is 5.91 Å².